The number of ether oxygens (including phenoxy) is 1. The smallest absolute Gasteiger partial charge is 0.338 e. The maximum Gasteiger partial charge on any atom is 0.338 e. The van der Waals surface area contributed by atoms with Gasteiger partial charge in [0.25, 0.3) is 0 Å². The molecule has 8 nitrogen and oxygen atoms in total. The van der Waals surface area contributed by atoms with E-state index < -0.39 is 11.9 Å². The van der Waals surface area contributed by atoms with E-state index in [0.29, 0.717) is 52.5 Å². The molecule has 0 bridgehead atoms. The Labute approximate surface area is 224 Å². The number of anilines is 1. The van der Waals surface area contributed by atoms with Crippen molar-refractivity contribution in [2.75, 3.05) is 11.5 Å². The standard InChI is InChI=1S/C27H25Cl2N5O3/c1-3-37-27(36)24-23(21-15(2)32-34(25(21)29)17-11-9-16(28)10-12-17)22-19(7-4-8-20(22)35)33(26(24)30)18-6-5-13-31-14-18/h5-6,9-14,23H,3-4,7-8,30H2,1-2H3. The molecule has 1 aromatic carbocycles. The number of halogens is 2. The van der Waals surface area contributed by atoms with Crippen molar-refractivity contribution in [2.24, 2.45) is 5.73 Å². The van der Waals surface area contributed by atoms with Crippen LogP contribution >= 0.6 is 23.2 Å². The van der Waals surface area contributed by atoms with E-state index in [1.807, 2.05) is 6.07 Å². The molecule has 0 amide bonds. The first-order valence-corrected chi connectivity index (χ1v) is 12.7. The molecule has 2 aromatic heterocycles. The third kappa shape index (κ3) is 4.30. The fraction of sp³-hybridized carbons (Fsp3) is 0.259. The van der Waals surface area contributed by atoms with Gasteiger partial charge in [-0.1, -0.05) is 23.2 Å². The van der Waals surface area contributed by atoms with Crippen molar-refractivity contribution in [3.63, 3.8) is 0 Å². The molecule has 0 fully saturated rings. The van der Waals surface area contributed by atoms with E-state index in [2.05, 4.69) is 10.1 Å². The Balaban J connectivity index is 1.78. The van der Waals surface area contributed by atoms with Crippen LogP contribution in [0, 0.1) is 6.92 Å². The number of hydrogen-bond donors (Lipinski definition) is 1. The van der Waals surface area contributed by atoms with Gasteiger partial charge in [0.2, 0.25) is 0 Å². The lowest BCUT2D eigenvalue weighted by molar-refractivity contribution is -0.138. The number of carbonyl (C=O) groups excluding carboxylic acids is 2. The van der Waals surface area contributed by atoms with E-state index in [9.17, 15) is 9.59 Å². The minimum Gasteiger partial charge on any atom is -0.463 e. The highest BCUT2D eigenvalue weighted by Crippen LogP contribution is 2.49. The number of aromatic nitrogens is 3. The molecular formula is C27H25Cl2N5O3. The molecule has 10 heteroatoms. The SMILES string of the molecule is CCOC(=O)C1=C(N)N(c2cccnc2)C2=C(C(=O)CCC2)C1c1c(C)nn(-c2ccc(Cl)cc2)c1Cl. The Hall–Kier alpha value is -3.62. The Morgan fingerprint density at radius 1 is 1.16 bits per heavy atom. The van der Waals surface area contributed by atoms with Crippen LogP contribution in [0.1, 0.15) is 43.4 Å². The van der Waals surface area contributed by atoms with Crippen LogP contribution in [0.4, 0.5) is 5.69 Å². The van der Waals surface area contributed by atoms with Gasteiger partial charge in [0.15, 0.2) is 5.78 Å². The Morgan fingerprint density at radius 3 is 2.59 bits per heavy atom. The lowest BCUT2D eigenvalue weighted by Crippen LogP contribution is -2.41. The monoisotopic (exact) mass is 537 g/mol. The number of allylic oxidation sites excluding steroid dienone is 2. The predicted octanol–water partition coefficient (Wildman–Crippen LogP) is 5.23. The molecule has 37 heavy (non-hydrogen) atoms. The Bertz CT molecular complexity index is 1440. The summed E-state index contributed by atoms with van der Waals surface area (Å²) in [6, 6.07) is 10.7. The molecule has 0 spiro atoms. The van der Waals surface area contributed by atoms with Gasteiger partial charge in [0.05, 0.1) is 41.4 Å². The molecule has 190 valence electrons. The largest absolute Gasteiger partial charge is 0.463 e. The maximum atomic E-state index is 13.6. The number of aryl methyl sites for hydroxylation is 1. The lowest BCUT2D eigenvalue weighted by atomic mass is 9.75. The van der Waals surface area contributed by atoms with Gasteiger partial charge < -0.3 is 10.5 Å². The average Bonchev–Trinajstić information content (AvgIpc) is 3.18. The number of hydrogen-bond acceptors (Lipinski definition) is 7. The summed E-state index contributed by atoms with van der Waals surface area (Å²) < 4.78 is 7.02. The number of benzene rings is 1. The summed E-state index contributed by atoms with van der Waals surface area (Å²) in [5, 5.41) is 5.51. The zero-order valence-electron chi connectivity index (χ0n) is 20.4. The highest BCUT2D eigenvalue weighted by Gasteiger charge is 2.45. The van der Waals surface area contributed by atoms with Crippen LogP contribution in [0.2, 0.25) is 10.2 Å². The molecule has 5 rings (SSSR count). The van der Waals surface area contributed by atoms with E-state index in [0.717, 1.165) is 5.70 Å². The van der Waals surface area contributed by atoms with Gasteiger partial charge in [-0.15, -0.1) is 0 Å². The summed E-state index contributed by atoms with van der Waals surface area (Å²) in [4.78, 5) is 33.0. The molecule has 2 aliphatic rings. The van der Waals surface area contributed by atoms with Crippen LogP contribution in [0.3, 0.4) is 0 Å². The molecular weight excluding hydrogens is 513 g/mol. The molecule has 1 aliphatic heterocycles. The predicted molar refractivity (Wildman–Crippen MR) is 142 cm³/mol. The zero-order chi connectivity index (χ0) is 26.3. The quantitative estimate of drug-likeness (QED) is 0.444. The van der Waals surface area contributed by atoms with E-state index in [1.54, 1.807) is 66.2 Å². The van der Waals surface area contributed by atoms with Crippen LogP contribution < -0.4 is 10.6 Å². The van der Waals surface area contributed by atoms with Crippen molar-refractivity contribution in [1.82, 2.24) is 14.8 Å². The van der Waals surface area contributed by atoms with Crippen molar-refractivity contribution in [3.8, 4) is 5.69 Å². The van der Waals surface area contributed by atoms with Gasteiger partial charge in [0.1, 0.15) is 11.0 Å². The maximum absolute atomic E-state index is 13.6. The molecule has 0 saturated heterocycles. The molecule has 0 radical (unpaired) electrons. The van der Waals surface area contributed by atoms with E-state index in [4.69, 9.17) is 33.7 Å². The van der Waals surface area contributed by atoms with Crippen molar-refractivity contribution in [3.05, 3.63) is 92.9 Å². The Morgan fingerprint density at radius 2 is 1.92 bits per heavy atom. The third-order valence-electron chi connectivity index (χ3n) is 6.60. The molecule has 1 aliphatic carbocycles. The molecule has 1 unspecified atom stereocenters. The van der Waals surface area contributed by atoms with Crippen LogP contribution in [-0.4, -0.2) is 33.1 Å². The number of rotatable bonds is 5. The zero-order valence-corrected chi connectivity index (χ0v) is 21.9. The van der Waals surface area contributed by atoms with Gasteiger partial charge in [-0.3, -0.25) is 14.7 Å². The molecule has 2 N–H and O–H groups in total. The highest BCUT2D eigenvalue weighted by molar-refractivity contribution is 6.31. The van der Waals surface area contributed by atoms with E-state index >= 15 is 0 Å². The van der Waals surface area contributed by atoms with Crippen molar-refractivity contribution >= 4 is 40.6 Å². The number of esters is 1. The normalized spacial score (nSPS) is 17.8. The average molecular weight is 538 g/mol. The van der Waals surface area contributed by atoms with Gasteiger partial charge in [-0.05, 0) is 63.1 Å². The summed E-state index contributed by atoms with van der Waals surface area (Å²) in [5.41, 5.74) is 10.6. The first-order chi connectivity index (χ1) is 17.8. The highest BCUT2D eigenvalue weighted by atomic mass is 35.5. The van der Waals surface area contributed by atoms with Crippen molar-refractivity contribution < 1.29 is 14.3 Å². The minimum atomic E-state index is -0.830. The lowest BCUT2D eigenvalue weighted by Gasteiger charge is -2.40. The first kappa shape index (κ1) is 25.0. The third-order valence-corrected chi connectivity index (χ3v) is 7.22. The molecule has 3 heterocycles. The van der Waals surface area contributed by atoms with Gasteiger partial charge >= 0.3 is 5.97 Å². The summed E-state index contributed by atoms with van der Waals surface area (Å²) in [7, 11) is 0. The minimum absolute atomic E-state index is 0.0656. The van der Waals surface area contributed by atoms with E-state index in [-0.39, 0.29) is 28.9 Å². The van der Waals surface area contributed by atoms with Crippen LogP contribution in [0.25, 0.3) is 5.69 Å². The fourth-order valence-electron chi connectivity index (χ4n) is 5.06. The summed E-state index contributed by atoms with van der Waals surface area (Å²) in [5.74, 6) is -1.33. The molecule has 1 atom stereocenters. The summed E-state index contributed by atoms with van der Waals surface area (Å²) >= 11 is 13.0. The summed E-state index contributed by atoms with van der Waals surface area (Å²) in [6.45, 7) is 3.66. The van der Waals surface area contributed by atoms with Crippen LogP contribution in [0.5, 0.6) is 0 Å². The Kier molecular flexibility index (Phi) is 6.79. The topological polar surface area (TPSA) is 103 Å². The summed E-state index contributed by atoms with van der Waals surface area (Å²) in [6.07, 6.45) is 4.92. The molecule has 3 aromatic rings. The molecule has 0 saturated carbocycles. The van der Waals surface area contributed by atoms with Crippen LogP contribution in [-0.2, 0) is 14.3 Å². The van der Waals surface area contributed by atoms with Crippen molar-refractivity contribution in [1.29, 1.82) is 0 Å². The van der Waals surface area contributed by atoms with Crippen LogP contribution in [0.15, 0.2) is 71.5 Å². The van der Waals surface area contributed by atoms with E-state index in [1.165, 1.54) is 0 Å². The number of pyridine rings is 1. The van der Waals surface area contributed by atoms with Gasteiger partial charge in [0, 0.05) is 34.5 Å². The number of nitrogens with two attached hydrogens (primary N) is 1. The number of nitrogens with zero attached hydrogens (tertiary/aromatic N) is 4. The first-order valence-electron chi connectivity index (χ1n) is 12.0. The van der Waals surface area contributed by atoms with Gasteiger partial charge in [-0.2, -0.15) is 5.10 Å². The fourth-order valence-corrected chi connectivity index (χ4v) is 5.57. The second kappa shape index (κ2) is 10.0. The second-order valence-electron chi connectivity index (χ2n) is 8.81. The number of carbonyl (C=O) groups is 2. The van der Waals surface area contributed by atoms with Gasteiger partial charge in [-0.25, -0.2) is 9.48 Å². The number of Topliss-reactive ketones (excluding diaryl/α,β-unsaturated/α-hetero) is 1. The van der Waals surface area contributed by atoms with Crippen molar-refractivity contribution in [2.45, 2.75) is 39.0 Å². The number of ketones is 1. The second-order valence-corrected chi connectivity index (χ2v) is 9.61.